The van der Waals surface area contributed by atoms with Gasteiger partial charge < -0.3 is 10.2 Å². The number of benzene rings is 1. The van der Waals surface area contributed by atoms with Crippen molar-refractivity contribution in [2.75, 3.05) is 19.6 Å². The van der Waals surface area contributed by atoms with Gasteiger partial charge in [-0.3, -0.25) is 4.79 Å². The second kappa shape index (κ2) is 8.98. The number of nitrogens with zero attached hydrogens (tertiary/aromatic N) is 1. The molecule has 0 spiro atoms. The van der Waals surface area contributed by atoms with E-state index in [4.69, 9.17) is 0 Å². The summed E-state index contributed by atoms with van der Waals surface area (Å²) in [4.78, 5) is 14.2. The Labute approximate surface area is 128 Å². The third kappa shape index (κ3) is 5.14. The molecule has 1 atom stereocenters. The molecule has 1 aliphatic rings. The molecule has 1 aromatic carbocycles. The average molecular weight is 297 g/mol. The predicted octanol–water partition coefficient (Wildman–Crippen LogP) is 3.16. The van der Waals surface area contributed by atoms with Gasteiger partial charge in [0.1, 0.15) is 0 Å². The predicted molar refractivity (Wildman–Crippen MR) is 85.2 cm³/mol. The third-order valence-electron chi connectivity index (χ3n) is 3.79. The summed E-state index contributed by atoms with van der Waals surface area (Å²) < 4.78 is 0. The summed E-state index contributed by atoms with van der Waals surface area (Å²) >= 11 is 0. The van der Waals surface area contributed by atoms with Gasteiger partial charge in [-0.2, -0.15) is 0 Å². The first-order valence-electron chi connectivity index (χ1n) is 7.36. The van der Waals surface area contributed by atoms with Crippen LogP contribution in [0.1, 0.15) is 44.2 Å². The van der Waals surface area contributed by atoms with Crippen molar-refractivity contribution in [1.29, 1.82) is 0 Å². The highest BCUT2D eigenvalue weighted by atomic mass is 35.5. The average Bonchev–Trinajstić information content (AvgIpc) is 2.97. The molecular formula is C16H25ClN2O. The number of hydrogen-bond donors (Lipinski definition) is 1. The number of hydrogen-bond acceptors (Lipinski definition) is 2. The highest BCUT2D eigenvalue weighted by molar-refractivity contribution is 5.85. The van der Waals surface area contributed by atoms with Gasteiger partial charge in [0.25, 0.3) is 0 Å². The minimum absolute atomic E-state index is 0. The van der Waals surface area contributed by atoms with Gasteiger partial charge in [-0.05, 0) is 37.9 Å². The van der Waals surface area contributed by atoms with Crippen molar-refractivity contribution in [2.24, 2.45) is 0 Å². The Bertz CT molecular complexity index is 391. The van der Waals surface area contributed by atoms with Crippen LogP contribution < -0.4 is 5.32 Å². The minimum atomic E-state index is 0. The van der Waals surface area contributed by atoms with Gasteiger partial charge in [-0.1, -0.05) is 37.3 Å². The number of likely N-dealkylation sites (tertiary alicyclic amines) is 1. The van der Waals surface area contributed by atoms with Gasteiger partial charge in [0.05, 0.1) is 6.04 Å². The fourth-order valence-corrected chi connectivity index (χ4v) is 2.62. The largest absolute Gasteiger partial charge is 0.349 e. The maximum Gasteiger partial charge on any atom is 0.220 e. The Kier molecular flexibility index (Phi) is 7.63. The molecule has 4 heteroatoms. The number of rotatable bonds is 6. The number of carbonyl (C=O) groups excluding carboxylic acids is 1. The van der Waals surface area contributed by atoms with Crippen LogP contribution in [0.15, 0.2) is 30.3 Å². The zero-order chi connectivity index (χ0) is 13.5. The van der Waals surface area contributed by atoms with Gasteiger partial charge in [-0.25, -0.2) is 0 Å². The maximum atomic E-state index is 11.7. The van der Waals surface area contributed by atoms with Crippen LogP contribution in [0.2, 0.25) is 0 Å². The lowest BCUT2D eigenvalue weighted by Crippen LogP contribution is -2.31. The molecule has 1 aromatic rings. The summed E-state index contributed by atoms with van der Waals surface area (Å²) in [5, 5.41) is 3.14. The van der Waals surface area contributed by atoms with Crippen LogP contribution in [0.3, 0.4) is 0 Å². The van der Waals surface area contributed by atoms with Crippen LogP contribution in [0.25, 0.3) is 0 Å². The number of amides is 1. The van der Waals surface area contributed by atoms with Crippen LogP contribution >= 0.6 is 12.4 Å². The monoisotopic (exact) mass is 296 g/mol. The summed E-state index contributed by atoms with van der Waals surface area (Å²) in [7, 11) is 0. The smallest absolute Gasteiger partial charge is 0.220 e. The first-order chi connectivity index (χ1) is 9.29. The molecular weight excluding hydrogens is 272 g/mol. The van der Waals surface area contributed by atoms with Crippen molar-refractivity contribution >= 4 is 18.3 Å². The summed E-state index contributed by atoms with van der Waals surface area (Å²) in [6, 6.07) is 10.4. The van der Waals surface area contributed by atoms with Gasteiger partial charge in [0.15, 0.2) is 0 Å². The zero-order valence-electron chi connectivity index (χ0n) is 12.2. The lowest BCUT2D eigenvalue weighted by molar-refractivity contribution is -0.121. The SMILES string of the molecule is CCC(=O)NC(CCN1CCCC1)c1ccccc1.Cl. The van der Waals surface area contributed by atoms with E-state index in [9.17, 15) is 4.79 Å². The molecule has 0 bridgehead atoms. The molecule has 20 heavy (non-hydrogen) atoms. The topological polar surface area (TPSA) is 32.3 Å². The fourth-order valence-electron chi connectivity index (χ4n) is 2.62. The second-order valence-electron chi connectivity index (χ2n) is 5.22. The van der Waals surface area contributed by atoms with Gasteiger partial charge in [0.2, 0.25) is 5.91 Å². The van der Waals surface area contributed by atoms with E-state index in [1.165, 1.54) is 31.5 Å². The molecule has 1 saturated heterocycles. The van der Waals surface area contributed by atoms with Gasteiger partial charge in [-0.15, -0.1) is 12.4 Å². The minimum Gasteiger partial charge on any atom is -0.349 e. The van der Waals surface area contributed by atoms with Crippen LogP contribution in [-0.2, 0) is 4.79 Å². The molecule has 1 unspecified atom stereocenters. The van der Waals surface area contributed by atoms with Crippen molar-refractivity contribution in [3.63, 3.8) is 0 Å². The molecule has 0 saturated carbocycles. The molecule has 0 radical (unpaired) electrons. The molecule has 112 valence electrons. The molecule has 0 aromatic heterocycles. The van der Waals surface area contributed by atoms with Crippen molar-refractivity contribution in [1.82, 2.24) is 10.2 Å². The normalized spacial score (nSPS) is 16.4. The van der Waals surface area contributed by atoms with Gasteiger partial charge in [0, 0.05) is 13.0 Å². The van der Waals surface area contributed by atoms with Gasteiger partial charge >= 0.3 is 0 Å². The van der Waals surface area contributed by atoms with E-state index in [1.807, 2.05) is 25.1 Å². The molecule has 1 heterocycles. The standard InChI is InChI=1S/C16H24N2O.ClH/c1-2-16(19)17-15(14-8-4-3-5-9-14)10-13-18-11-6-7-12-18;/h3-5,8-9,15H,2,6-7,10-13H2,1H3,(H,17,19);1H. The number of nitrogens with one attached hydrogen (secondary N) is 1. The fraction of sp³-hybridized carbons (Fsp3) is 0.562. The number of halogens is 1. The Morgan fingerprint density at radius 2 is 1.90 bits per heavy atom. The van der Waals surface area contributed by atoms with Crippen molar-refractivity contribution < 1.29 is 4.79 Å². The summed E-state index contributed by atoms with van der Waals surface area (Å²) in [5.41, 5.74) is 1.21. The Morgan fingerprint density at radius 3 is 2.50 bits per heavy atom. The molecule has 1 aliphatic heterocycles. The van der Waals surface area contributed by atoms with E-state index in [2.05, 4.69) is 22.3 Å². The lowest BCUT2D eigenvalue weighted by Gasteiger charge is -2.22. The van der Waals surface area contributed by atoms with E-state index in [-0.39, 0.29) is 24.4 Å². The zero-order valence-corrected chi connectivity index (χ0v) is 13.0. The van der Waals surface area contributed by atoms with E-state index in [0.29, 0.717) is 6.42 Å². The lowest BCUT2D eigenvalue weighted by atomic mass is 10.0. The van der Waals surface area contributed by atoms with Crippen molar-refractivity contribution in [3.05, 3.63) is 35.9 Å². The highest BCUT2D eigenvalue weighted by Crippen LogP contribution is 2.18. The third-order valence-corrected chi connectivity index (χ3v) is 3.79. The quantitative estimate of drug-likeness (QED) is 0.874. The molecule has 2 rings (SSSR count). The van der Waals surface area contributed by atoms with Crippen LogP contribution in [0.5, 0.6) is 0 Å². The maximum absolute atomic E-state index is 11.7. The highest BCUT2D eigenvalue weighted by Gasteiger charge is 2.17. The van der Waals surface area contributed by atoms with Crippen molar-refractivity contribution in [3.8, 4) is 0 Å². The molecule has 1 amide bonds. The van der Waals surface area contributed by atoms with E-state index in [0.717, 1.165) is 13.0 Å². The molecule has 3 nitrogen and oxygen atoms in total. The summed E-state index contributed by atoms with van der Waals surface area (Å²) in [5.74, 6) is 0.135. The van der Waals surface area contributed by atoms with E-state index >= 15 is 0 Å². The Balaban J connectivity index is 0.00000200. The Morgan fingerprint density at radius 1 is 1.25 bits per heavy atom. The Hall–Kier alpha value is -1.06. The molecule has 0 aliphatic carbocycles. The van der Waals surface area contributed by atoms with Crippen LogP contribution in [0, 0.1) is 0 Å². The first kappa shape index (κ1) is 17.0. The second-order valence-corrected chi connectivity index (χ2v) is 5.22. The van der Waals surface area contributed by atoms with Crippen molar-refractivity contribution in [2.45, 2.75) is 38.6 Å². The van der Waals surface area contributed by atoms with Crippen LogP contribution in [-0.4, -0.2) is 30.4 Å². The first-order valence-corrected chi connectivity index (χ1v) is 7.36. The number of carbonyl (C=O) groups is 1. The summed E-state index contributed by atoms with van der Waals surface area (Å²) in [6.45, 7) is 5.40. The molecule has 1 N–H and O–H groups in total. The summed E-state index contributed by atoms with van der Waals surface area (Å²) in [6.07, 6.45) is 4.18. The van der Waals surface area contributed by atoms with E-state index < -0.39 is 0 Å². The van der Waals surface area contributed by atoms with Crippen LogP contribution in [0.4, 0.5) is 0 Å². The van der Waals surface area contributed by atoms with E-state index in [1.54, 1.807) is 0 Å². The molecule has 1 fully saturated rings.